The van der Waals surface area contributed by atoms with Crippen molar-refractivity contribution in [3.05, 3.63) is 126 Å². The van der Waals surface area contributed by atoms with E-state index in [1.807, 2.05) is 19.1 Å². The van der Waals surface area contributed by atoms with E-state index in [0.29, 0.717) is 28.1 Å². The van der Waals surface area contributed by atoms with Crippen LogP contribution < -0.4 is 4.74 Å². The van der Waals surface area contributed by atoms with E-state index in [1.54, 1.807) is 36.7 Å². The Morgan fingerprint density at radius 1 is 0.651 bits per heavy atom. The zero-order valence-electron chi connectivity index (χ0n) is 24.1. The average molecular weight is 585 g/mol. The van der Waals surface area contributed by atoms with Gasteiger partial charge in [-0.15, -0.1) is 0 Å². The fourth-order valence-electron chi connectivity index (χ4n) is 4.86. The summed E-state index contributed by atoms with van der Waals surface area (Å²) < 4.78 is 64.9. The van der Waals surface area contributed by atoms with Gasteiger partial charge in [0.15, 0.2) is 5.82 Å². The van der Waals surface area contributed by atoms with Gasteiger partial charge in [0, 0.05) is 35.2 Å². The number of aryl methyl sites for hydroxylation is 2. The summed E-state index contributed by atoms with van der Waals surface area (Å²) in [5.41, 5.74) is 3.83. The van der Waals surface area contributed by atoms with Crippen LogP contribution in [0.1, 0.15) is 49.8 Å². The molecule has 1 aromatic heterocycles. The lowest BCUT2D eigenvalue weighted by molar-refractivity contribution is -0.185. The lowest BCUT2D eigenvalue weighted by atomic mass is 10.0. The monoisotopic (exact) mass is 584 g/mol. The van der Waals surface area contributed by atoms with Crippen LogP contribution in [-0.2, 0) is 19.0 Å². The fraction of sp³-hybridized carbons (Fsp3) is 0.222. The minimum Gasteiger partial charge on any atom is -0.429 e. The molecule has 0 aliphatic carbocycles. The van der Waals surface area contributed by atoms with Gasteiger partial charge in [0.25, 0.3) is 0 Å². The molecule has 5 aromatic rings. The van der Waals surface area contributed by atoms with E-state index in [9.17, 15) is 4.39 Å². The van der Waals surface area contributed by atoms with Gasteiger partial charge < -0.3 is 4.74 Å². The van der Waals surface area contributed by atoms with E-state index >= 15 is 13.2 Å². The number of halogens is 4. The molecule has 0 radical (unpaired) electrons. The second-order valence-electron chi connectivity index (χ2n) is 10.5. The highest BCUT2D eigenvalue weighted by molar-refractivity contribution is 5.69. The van der Waals surface area contributed by atoms with Crippen molar-refractivity contribution in [2.45, 2.75) is 52.1 Å². The molecule has 220 valence electrons. The molecular weight excluding hydrogens is 552 g/mol. The van der Waals surface area contributed by atoms with Crippen molar-refractivity contribution in [2.75, 3.05) is 0 Å². The first-order valence-electron chi connectivity index (χ1n) is 14.4. The van der Waals surface area contributed by atoms with Crippen molar-refractivity contribution < 1.29 is 22.3 Å². The van der Waals surface area contributed by atoms with Crippen LogP contribution in [0.5, 0.6) is 5.75 Å². The Hall–Kier alpha value is -4.52. The van der Waals surface area contributed by atoms with E-state index < -0.39 is 23.3 Å². The number of aromatic nitrogens is 2. The van der Waals surface area contributed by atoms with Crippen molar-refractivity contribution >= 4 is 0 Å². The summed E-state index contributed by atoms with van der Waals surface area (Å²) in [5, 5.41) is 0. The van der Waals surface area contributed by atoms with Gasteiger partial charge in [0.1, 0.15) is 17.4 Å². The highest BCUT2D eigenvalue weighted by Crippen LogP contribution is 2.35. The van der Waals surface area contributed by atoms with Crippen LogP contribution in [0.3, 0.4) is 0 Å². The van der Waals surface area contributed by atoms with E-state index in [2.05, 4.69) is 16.9 Å². The summed E-state index contributed by atoms with van der Waals surface area (Å²) >= 11 is 0. The number of nitrogens with zero attached hydrogens (tertiary/aromatic N) is 2. The molecule has 1 heterocycles. The molecule has 0 fully saturated rings. The van der Waals surface area contributed by atoms with Crippen LogP contribution in [0.15, 0.2) is 97.3 Å². The van der Waals surface area contributed by atoms with Gasteiger partial charge in [0.05, 0.1) is 5.56 Å². The van der Waals surface area contributed by atoms with Gasteiger partial charge in [-0.2, -0.15) is 8.78 Å². The van der Waals surface area contributed by atoms with Crippen LogP contribution in [-0.4, -0.2) is 9.97 Å². The zero-order valence-corrected chi connectivity index (χ0v) is 24.1. The molecule has 0 spiro atoms. The number of unbranched alkanes of at least 4 members (excludes halogenated alkanes) is 2. The molecule has 4 aromatic carbocycles. The van der Waals surface area contributed by atoms with Crippen molar-refractivity contribution in [1.82, 2.24) is 9.97 Å². The van der Waals surface area contributed by atoms with Crippen LogP contribution in [0, 0.1) is 11.6 Å². The largest absolute Gasteiger partial charge is 0.429 e. The minimum atomic E-state index is -3.74. The fourth-order valence-corrected chi connectivity index (χ4v) is 4.86. The lowest BCUT2D eigenvalue weighted by Crippen LogP contribution is -2.21. The number of benzene rings is 4. The average Bonchev–Trinajstić information content (AvgIpc) is 3.01. The molecule has 0 N–H and O–H groups in total. The third-order valence-electron chi connectivity index (χ3n) is 7.39. The lowest BCUT2D eigenvalue weighted by Gasteiger charge is -2.19. The topological polar surface area (TPSA) is 35.0 Å². The third kappa shape index (κ3) is 7.11. The molecular formula is C36H32F4N2O. The maximum atomic E-state index is 15.1. The second-order valence-corrected chi connectivity index (χ2v) is 10.5. The SMILES string of the molecule is CCCCCc1cnc(-c2ccc(-c3ccc(C(F)(F)Oc4ccc(-c5ccc(CC)cc5)c(F)c4)cc3)c(F)c2)nc1. The molecule has 0 saturated carbocycles. The Balaban J connectivity index is 1.27. The van der Waals surface area contributed by atoms with Crippen molar-refractivity contribution in [2.24, 2.45) is 0 Å². The Morgan fingerprint density at radius 3 is 1.81 bits per heavy atom. The number of hydrogen-bond acceptors (Lipinski definition) is 3. The quantitative estimate of drug-likeness (QED) is 0.114. The third-order valence-corrected chi connectivity index (χ3v) is 7.39. The molecule has 0 aliphatic heterocycles. The van der Waals surface area contributed by atoms with Crippen LogP contribution >= 0.6 is 0 Å². The maximum absolute atomic E-state index is 15.1. The van der Waals surface area contributed by atoms with E-state index in [1.165, 1.54) is 42.5 Å². The van der Waals surface area contributed by atoms with Gasteiger partial charge in [-0.3, -0.25) is 0 Å². The summed E-state index contributed by atoms with van der Waals surface area (Å²) in [6.45, 7) is 4.17. The van der Waals surface area contributed by atoms with Crippen LogP contribution in [0.25, 0.3) is 33.6 Å². The first-order valence-corrected chi connectivity index (χ1v) is 14.4. The number of ether oxygens (including phenoxy) is 1. The second kappa shape index (κ2) is 13.2. The molecule has 3 nitrogen and oxygen atoms in total. The van der Waals surface area contributed by atoms with Crippen molar-refractivity contribution in [1.29, 1.82) is 0 Å². The van der Waals surface area contributed by atoms with Crippen molar-refractivity contribution in [3.63, 3.8) is 0 Å². The van der Waals surface area contributed by atoms with Gasteiger partial charge in [0.2, 0.25) is 0 Å². The molecule has 0 saturated heterocycles. The Labute approximate surface area is 249 Å². The Kier molecular flexibility index (Phi) is 9.19. The highest BCUT2D eigenvalue weighted by atomic mass is 19.3. The molecule has 5 rings (SSSR count). The summed E-state index contributed by atoms with van der Waals surface area (Å²) in [4.78, 5) is 8.76. The van der Waals surface area contributed by atoms with Crippen LogP contribution in [0.4, 0.5) is 17.6 Å². The van der Waals surface area contributed by atoms with E-state index in [-0.39, 0.29) is 11.3 Å². The smallest absolute Gasteiger partial charge is 0.426 e. The normalized spacial score (nSPS) is 11.5. The molecule has 0 atom stereocenters. The molecule has 7 heteroatoms. The van der Waals surface area contributed by atoms with Gasteiger partial charge in [-0.05, 0) is 71.8 Å². The van der Waals surface area contributed by atoms with Gasteiger partial charge in [-0.25, -0.2) is 18.7 Å². The van der Waals surface area contributed by atoms with Crippen molar-refractivity contribution in [3.8, 4) is 39.4 Å². The first kappa shape index (κ1) is 30.0. The van der Waals surface area contributed by atoms with Gasteiger partial charge >= 0.3 is 6.11 Å². The summed E-state index contributed by atoms with van der Waals surface area (Å²) in [6.07, 6.45) is 4.89. The number of rotatable bonds is 11. The Morgan fingerprint density at radius 2 is 1.23 bits per heavy atom. The van der Waals surface area contributed by atoms with Crippen LogP contribution in [0.2, 0.25) is 0 Å². The van der Waals surface area contributed by atoms with Gasteiger partial charge in [-0.1, -0.05) is 75.2 Å². The predicted molar refractivity (Wildman–Crippen MR) is 162 cm³/mol. The minimum absolute atomic E-state index is 0.250. The Bertz CT molecular complexity index is 1670. The highest BCUT2D eigenvalue weighted by Gasteiger charge is 2.34. The predicted octanol–water partition coefficient (Wildman–Crippen LogP) is 10.2. The number of alkyl halides is 2. The summed E-state index contributed by atoms with van der Waals surface area (Å²) in [5.74, 6) is -1.09. The molecule has 0 amide bonds. The molecule has 0 bridgehead atoms. The maximum Gasteiger partial charge on any atom is 0.426 e. The zero-order chi connectivity index (χ0) is 30.4. The summed E-state index contributed by atoms with van der Waals surface area (Å²) in [6, 6.07) is 20.8. The molecule has 0 aliphatic rings. The van der Waals surface area contributed by atoms with E-state index in [4.69, 9.17) is 4.74 Å². The van der Waals surface area contributed by atoms with E-state index in [0.717, 1.165) is 49.3 Å². The first-order chi connectivity index (χ1) is 20.8. The standard InChI is InChI=1S/C36H32F4N2O/c1-3-5-6-7-25-22-41-35(42-23-25)28-14-18-31(33(37)20-28)27-12-15-29(16-13-27)36(39,40)43-30-17-19-32(34(38)21-30)26-10-8-24(4-2)9-11-26/h8-23H,3-7H2,1-2H3. The molecule has 43 heavy (non-hydrogen) atoms. The number of hydrogen-bond donors (Lipinski definition) is 0. The summed E-state index contributed by atoms with van der Waals surface area (Å²) in [7, 11) is 0. The molecule has 0 unspecified atom stereocenters.